The first-order chi connectivity index (χ1) is 11.6. The van der Waals surface area contributed by atoms with Crippen molar-refractivity contribution in [3.05, 3.63) is 35.4 Å². The van der Waals surface area contributed by atoms with Gasteiger partial charge < -0.3 is 15.0 Å². The standard InChI is InChI=1S/C18H27F2N3O/c1-21-18(23(2)11-7-14-8-12-24-13-9-14)22-10-6-15-4-3-5-16(19)17(15)20/h3-5,14H,6-13H2,1-2H3,(H,21,22). The third-order valence-corrected chi connectivity index (χ3v) is 4.50. The van der Waals surface area contributed by atoms with E-state index in [0.29, 0.717) is 24.4 Å². The summed E-state index contributed by atoms with van der Waals surface area (Å²) in [7, 11) is 3.73. The first-order valence-electron chi connectivity index (χ1n) is 8.54. The fraction of sp³-hybridized carbons (Fsp3) is 0.611. The lowest BCUT2D eigenvalue weighted by Gasteiger charge is -2.26. The fourth-order valence-corrected chi connectivity index (χ4v) is 2.95. The van der Waals surface area contributed by atoms with Gasteiger partial charge in [0.15, 0.2) is 17.6 Å². The molecule has 0 aliphatic carbocycles. The molecule has 24 heavy (non-hydrogen) atoms. The molecule has 1 heterocycles. The second kappa shape index (κ2) is 9.57. The molecule has 1 aromatic carbocycles. The molecular formula is C18H27F2N3O. The first-order valence-corrected chi connectivity index (χ1v) is 8.54. The van der Waals surface area contributed by atoms with Gasteiger partial charge >= 0.3 is 0 Å². The van der Waals surface area contributed by atoms with E-state index in [2.05, 4.69) is 15.2 Å². The molecule has 0 amide bonds. The van der Waals surface area contributed by atoms with Crippen molar-refractivity contribution in [2.24, 2.45) is 10.9 Å². The van der Waals surface area contributed by atoms with Crippen molar-refractivity contribution in [2.75, 3.05) is 40.4 Å². The normalized spacial score (nSPS) is 16.2. The number of benzene rings is 1. The summed E-state index contributed by atoms with van der Waals surface area (Å²) in [4.78, 5) is 6.34. The van der Waals surface area contributed by atoms with Crippen LogP contribution in [0.2, 0.25) is 0 Å². The van der Waals surface area contributed by atoms with Crippen LogP contribution in [0.15, 0.2) is 23.2 Å². The zero-order valence-electron chi connectivity index (χ0n) is 14.5. The maximum atomic E-state index is 13.6. The lowest BCUT2D eigenvalue weighted by Crippen LogP contribution is -2.40. The number of halogens is 2. The van der Waals surface area contributed by atoms with Gasteiger partial charge in [-0.2, -0.15) is 0 Å². The highest BCUT2D eigenvalue weighted by Gasteiger charge is 2.15. The maximum absolute atomic E-state index is 13.6. The zero-order chi connectivity index (χ0) is 17.4. The number of nitrogens with zero attached hydrogens (tertiary/aromatic N) is 2. The fourth-order valence-electron chi connectivity index (χ4n) is 2.95. The Morgan fingerprint density at radius 3 is 2.79 bits per heavy atom. The lowest BCUT2D eigenvalue weighted by atomic mass is 9.96. The number of guanidine groups is 1. The van der Waals surface area contributed by atoms with Crippen molar-refractivity contribution in [3.63, 3.8) is 0 Å². The van der Waals surface area contributed by atoms with E-state index in [-0.39, 0.29) is 0 Å². The number of rotatable bonds is 6. The van der Waals surface area contributed by atoms with Crippen LogP contribution in [0.4, 0.5) is 8.78 Å². The second-order valence-electron chi connectivity index (χ2n) is 6.20. The van der Waals surface area contributed by atoms with Crippen molar-refractivity contribution in [3.8, 4) is 0 Å². The van der Waals surface area contributed by atoms with Crippen LogP contribution in [0.5, 0.6) is 0 Å². The van der Waals surface area contributed by atoms with Crippen LogP contribution in [-0.4, -0.2) is 51.3 Å². The molecular weight excluding hydrogens is 312 g/mol. The van der Waals surface area contributed by atoms with Crippen LogP contribution in [0.25, 0.3) is 0 Å². The van der Waals surface area contributed by atoms with Gasteiger partial charge in [-0.1, -0.05) is 12.1 Å². The van der Waals surface area contributed by atoms with Gasteiger partial charge in [0.05, 0.1) is 0 Å². The van der Waals surface area contributed by atoms with Crippen LogP contribution < -0.4 is 5.32 Å². The SMILES string of the molecule is CN=C(NCCc1cccc(F)c1F)N(C)CCC1CCOCC1. The second-order valence-corrected chi connectivity index (χ2v) is 6.20. The molecule has 0 bridgehead atoms. The average Bonchev–Trinajstić information content (AvgIpc) is 2.61. The molecule has 1 aliphatic rings. The van der Waals surface area contributed by atoms with Crippen molar-refractivity contribution in [1.82, 2.24) is 10.2 Å². The van der Waals surface area contributed by atoms with E-state index >= 15 is 0 Å². The molecule has 0 saturated carbocycles. The van der Waals surface area contributed by atoms with Gasteiger partial charge in [0.25, 0.3) is 0 Å². The molecule has 2 rings (SSSR count). The van der Waals surface area contributed by atoms with E-state index in [1.807, 2.05) is 7.05 Å². The molecule has 6 heteroatoms. The van der Waals surface area contributed by atoms with Crippen molar-refractivity contribution < 1.29 is 13.5 Å². The molecule has 1 fully saturated rings. The number of hydrogen-bond donors (Lipinski definition) is 1. The summed E-state index contributed by atoms with van der Waals surface area (Å²) in [5.41, 5.74) is 0.378. The van der Waals surface area contributed by atoms with Gasteiger partial charge in [0.2, 0.25) is 0 Å². The van der Waals surface area contributed by atoms with Crippen LogP contribution >= 0.6 is 0 Å². The molecule has 0 radical (unpaired) electrons. The zero-order valence-corrected chi connectivity index (χ0v) is 14.5. The summed E-state index contributed by atoms with van der Waals surface area (Å²) < 4.78 is 32.2. The van der Waals surface area contributed by atoms with Crippen LogP contribution in [0, 0.1) is 17.6 Å². The molecule has 1 aliphatic heterocycles. The smallest absolute Gasteiger partial charge is 0.193 e. The van der Waals surface area contributed by atoms with E-state index in [1.54, 1.807) is 13.1 Å². The summed E-state index contributed by atoms with van der Waals surface area (Å²) in [5, 5.41) is 3.21. The highest BCUT2D eigenvalue weighted by Crippen LogP contribution is 2.18. The number of nitrogens with one attached hydrogen (secondary N) is 1. The van der Waals surface area contributed by atoms with E-state index in [0.717, 1.165) is 51.0 Å². The Balaban J connectivity index is 1.75. The van der Waals surface area contributed by atoms with E-state index in [9.17, 15) is 8.78 Å². The van der Waals surface area contributed by atoms with Gasteiger partial charge in [-0.3, -0.25) is 4.99 Å². The minimum Gasteiger partial charge on any atom is -0.381 e. The number of hydrogen-bond acceptors (Lipinski definition) is 2. The molecule has 4 nitrogen and oxygen atoms in total. The minimum atomic E-state index is -0.800. The van der Waals surface area contributed by atoms with Crippen LogP contribution in [0.1, 0.15) is 24.8 Å². The van der Waals surface area contributed by atoms with Crippen LogP contribution in [-0.2, 0) is 11.2 Å². The van der Waals surface area contributed by atoms with Gasteiger partial charge in [0.1, 0.15) is 0 Å². The molecule has 1 aromatic rings. The monoisotopic (exact) mass is 339 g/mol. The van der Waals surface area contributed by atoms with Gasteiger partial charge in [-0.15, -0.1) is 0 Å². The Labute approximate surface area is 142 Å². The summed E-state index contributed by atoms with van der Waals surface area (Å²) in [6.45, 7) is 3.15. The molecule has 0 spiro atoms. The van der Waals surface area contributed by atoms with Crippen molar-refractivity contribution in [2.45, 2.75) is 25.7 Å². The molecule has 0 atom stereocenters. The van der Waals surface area contributed by atoms with E-state index in [4.69, 9.17) is 4.74 Å². The lowest BCUT2D eigenvalue weighted by molar-refractivity contribution is 0.0625. The minimum absolute atomic E-state index is 0.378. The third kappa shape index (κ3) is 5.44. The summed E-state index contributed by atoms with van der Waals surface area (Å²) >= 11 is 0. The Bertz CT molecular complexity index is 545. The van der Waals surface area contributed by atoms with E-state index in [1.165, 1.54) is 6.07 Å². The van der Waals surface area contributed by atoms with Gasteiger partial charge in [0, 0.05) is 40.4 Å². The highest BCUT2D eigenvalue weighted by atomic mass is 19.2. The van der Waals surface area contributed by atoms with Crippen molar-refractivity contribution in [1.29, 1.82) is 0 Å². The largest absolute Gasteiger partial charge is 0.381 e. The average molecular weight is 339 g/mol. The van der Waals surface area contributed by atoms with Crippen molar-refractivity contribution >= 4 is 5.96 Å². The highest BCUT2D eigenvalue weighted by molar-refractivity contribution is 5.79. The predicted octanol–water partition coefficient (Wildman–Crippen LogP) is 2.83. The summed E-state index contributed by atoms with van der Waals surface area (Å²) in [5.74, 6) is -0.0767. The summed E-state index contributed by atoms with van der Waals surface area (Å²) in [6.07, 6.45) is 3.77. The third-order valence-electron chi connectivity index (χ3n) is 4.50. The maximum Gasteiger partial charge on any atom is 0.193 e. The first kappa shape index (κ1) is 18.6. The molecule has 1 N–H and O–H groups in total. The Morgan fingerprint density at radius 2 is 2.08 bits per heavy atom. The topological polar surface area (TPSA) is 36.9 Å². The molecule has 0 aromatic heterocycles. The van der Waals surface area contributed by atoms with Gasteiger partial charge in [-0.05, 0) is 43.2 Å². The molecule has 0 unspecified atom stereocenters. The quantitative estimate of drug-likeness (QED) is 0.640. The summed E-state index contributed by atoms with van der Waals surface area (Å²) in [6, 6.07) is 4.27. The Hall–Kier alpha value is -1.69. The number of ether oxygens (including phenoxy) is 1. The Kier molecular flexibility index (Phi) is 7.43. The van der Waals surface area contributed by atoms with Crippen LogP contribution in [0.3, 0.4) is 0 Å². The molecule has 134 valence electrons. The van der Waals surface area contributed by atoms with E-state index < -0.39 is 11.6 Å². The number of aliphatic imine (C=N–C) groups is 1. The van der Waals surface area contributed by atoms with Gasteiger partial charge in [-0.25, -0.2) is 8.78 Å². The molecule has 1 saturated heterocycles. The Morgan fingerprint density at radius 1 is 1.33 bits per heavy atom. The predicted molar refractivity (Wildman–Crippen MR) is 92.2 cm³/mol.